The predicted octanol–water partition coefficient (Wildman–Crippen LogP) is 0.394. The lowest BCUT2D eigenvalue weighted by Crippen LogP contribution is -2.27. The van der Waals surface area contributed by atoms with Gasteiger partial charge in [0.1, 0.15) is 6.10 Å². The summed E-state index contributed by atoms with van der Waals surface area (Å²) in [6, 6.07) is 6.15. The molecule has 0 aliphatic carbocycles. The van der Waals surface area contributed by atoms with Gasteiger partial charge in [-0.25, -0.2) is 4.79 Å². The zero-order valence-electron chi connectivity index (χ0n) is 11.5. The summed E-state index contributed by atoms with van der Waals surface area (Å²) in [5, 5.41) is 22.3. The van der Waals surface area contributed by atoms with Crippen LogP contribution in [0.25, 0.3) is 0 Å². The average Bonchev–Trinajstić information content (AvgIpc) is 2.45. The molecule has 1 aromatic carbocycles. The van der Waals surface area contributed by atoms with E-state index in [2.05, 4.69) is 10.1 Å². The van der Waals surface area contributed by atoms with Gasteiger partial charge in [-0.15, -0.1) is 0 Å². The van der Waals surface area contributed by atoms with Crippen molar-refractivity contribution in [1.82, 2.24) is 5.32 Å². The molecular weight excluding hydrogens is 262 g/mol. The summed E-state index contributed by atoms with van der Waals surface area (Å²) in [7, 11) is 1.29. The Balaban J connectivity index is 2.60. The maximum atomic E-state index is 11.3. The van der Waals surface area contributed by atoms with Gasteiger partial charge in [0.05, 0.1) is 18.8 Å². The molecule has 1 rings (SSSR count). The topological polar surface area (TPSA) is 95.9 Å². The largest absolute Gasteiger partial charge is 0.465 e. The average molecular weight is 281 g/mol. The van der Waals surface area contributed by atoms with E-state index >= 15 is 0 Å². The fourth-order valence-corrected chi connectivity index (χ4v) is 1.71. The minimum Gasteiger partial charge on any atom is -0.465 e. The summed E-state index contributed by atoms with van der Waals surface area (Å²) in [4.78, 5) is 22.0. The molecule has 0 spiro atoms. The summed E-state index contributed by atoms with van der Waals surface area (Å²) in [6.07, 6.45) is -1.83. The normalized spacial score (nSPS) is 13.4. The molecule has 2 atom stereocenters. The van der Waals surface area contributed by atoms with Crippen molar-refractivity contribution < 1.29 is 24.5 Å². The number of hydrogen-bond donors (Lipinski definition) is 3. The van der Waals surface area contributed by atoms with Crippen LogP contribution in [0.1, 0.15) is 35.4 Å². The van der Waals surface area contributed by atoms with Gasteiger partial charge in [0.2, 0.25) is 5.91 Å². The molecule has 2 unspecified atom stereocenters. The second-order valence-electron chi connectivity index (χ2n) is 4.40. The van der Waals surface area contributed by atoms with Crippen LogP contribution in [0.4, 0.5) is 0 Å². The van der Waals surface area contributed by atoms with E-state index in [0.717, 1.165) is 0 Å². The third kappa shape index (κ3) is 4.64. The molecule has 6 heteroatoms. The smallest absolute Gasteiger partial charge is 0.337 e. The van der Waals surface area contributed by atoms with Crippen LogP contribution in [-0.4, -0.2) is 41.8 Å². The van der Waals surface area contributed by atoms with Gasteiger partial charge in [-0.2, -0.15) is 0 Å². The third-order valence-corrected chi connectivity index (χ3v) is 2.85. The zero-order valence-corrected chi connectivity index (χ0v) is 11.5. The number of hydrogen-bond acceptors (Lipinski definition) is 5. The number of benzene rings is 1. The van der Waals surface area contributed by atoms with Crippen LogP contribution in [0.5, 0.6) is 0 Å². The lowest BCUT2D eigenvalue weighted by molar-refractivity contribution is -0.119. The molecule has 6 nitrogen and oxygen atoms in total. The summed E-state index contributed by atoms with van der Waals surface area (Å²) in [5.74, 6) is -0.647. The number of aliphatic hydroxyl groups is 2. The highest BCUT2D eigenvalue weighted by atomic mass is 16.5. The van der Waals surface area contributed by atoms with Crippen molar-refractivity contribution in [3.8, 4) is 0 Å². The number of aliphatic hydroxyl groups excluding tert-OH is 2. The predicted molar refractivity (Wildman–Crippen MR) is 72.0 cm³/mol. The lowest BCUT2D eigenvalue weighted by Gasteiger charge is -2.18. The highest BCUT2D eigenvalue weighted by molar-refractivity contribution is 5.89. The molecule has 0 bridgehead atoms. The number of ether oxygens (including phenoxy) is 1. The Morgan fingerprint density at radius 3 is 2.35 bits per heavy atom. The van der Waals surface area contributed by atoms with Crippen molar-refractivity contribution in [1.29, 1.82) is 0 Å². The minimum atomic E-state index is -1.07. The first-order valence-corrected chi connectivity index (χ1v) is 6.24. The number of nitrogens with one attached hydrogen (secondary N) is 1. The van der Waals surface area contributed by atoms with Gasteiger partial charge < -0.3 is 20.3 Å². The van der Waals surface area contributed by atoms with E-state index in [-0.39, 0.29) is 18.9 Å². The van der Waals surface area contributed by atoms with E-state index in [0.29, 0.717) is 11.1 Å². The number of esters is 1. The van der Waals surface area contributed by atoms with Crippen LogP contribution >= 0.6 is 0 Å². The summed E-state index contributed by atoms with van der Waals surface area (Å²) < 4.78 is 4.57. The van der Waals surface area contributed by atoms with E-state index < -0.39 is 18.2 Å². The van der Waals surface area contributed by atoms with Crippen molar-refractivity contribution in [2.45, 2.75) is 25.6 Å². The van der Waals surface area contributed by atoms with Gasteiger partial charge in [0, 0.05) is 13.5 Å². The lowest BCUT2D eigenvalue weighted by atomic mass is 10.0. The van der Waals surface area contributed by atoms with Gasteiger partial charge in [-0.05, 0) is 24.1 Å². The second-order valence-corrected chi connectivity index (χ2v) is 4.40. The fourth-order valence-electron chi connectivity index (χ4n) is 1.71. The SMILES string of the molecule is COC(=O)c1ccc(C(O)C(O)CCNC(C)=O)cc1. The Hall–Kier alpha value is -1.92. The minimum absolute atomic E-state index is 0.186. The molecule has 3 N–H and O–H groups in total. The number of rotatable bonds is 6. The zero-order chi connectivity index (χ0) is 15.1. The highest BCUT2D eigenvalue weighted by Crippen LogP contribution is 2.19. The quantitative estimate of drug-likeness (QED) is 0.656. The highest BCUT2D eigenvalue weighted by Gasteiger charge is 2.18. The Morgan fingerprint density at radius 2 is 1.85 bits per heavy atom. The van der Waals surface area contributed by atoms with Crippen molar-refractivity contribution in [3.63, 3.8) is 0 Å². The van der Waals surface area contributed by atoms with Crippen LogP contribution in [0, 0.1) is 0 Å². The summed E-state index contributed by atoms with van der Waals surface area (Å²) in [5.41, 5.74) is 0.865. The van der Waals surface area contributed by atoms with Crippen LogP contribution in [-0.2, 0) is 9.53 Å². The molecule has 1 amide bonds. The van der Waals surface area contributed by atoms with Crippen LogP contribution < -0.4 is 5.32 Å². The van der Waals surface area contributed by atoms with Crippen molar-refractivity contribution in [2.75, 3.05) is 13.7 Å². The molecular formula is C14H19NO5. The molecule has 20 heavy (non-hydrogen) atoms. The molecule has 0 aliphatic heterocycles. The third-order valence-electron chi connectivity index (χ3n) is 2.85. The van der Waals surface area contributed by atoms with Crippen molar-refractivity contribution in [2.24, 2.45) is 0 Å². The molecule has 0 aliphatic rings. The molecule has 0 aromatic heterocycles. The second kappa shape index (κ2) is 7.62. The van der Waals surface area contributed by atoms with Gasteiger partial charge >= 0.3 is 5.97 Å². The first kappa shape index (κ1) is 16.1. The number of methoxy groups -OCH3 is 1. The van der Waals surface area contributed by atoms with Crippen molar-refractivity contribution in [3.05, 3.63) is 35.4 Å². The maximum Gasteiger partial charge on any atom is 0.337 e. The Morgan fingerprint density at radius 1 is 1.25 bits per heavy atom. The molecule has 0 saturated carbocycles. The number of carbonyl (C=O) groups excluding carboxylic acids is 2. The molecule has 110 valence electrons. The molecule has 1 aromatic rings. The Kier molecular flexibility index (Phi) is 6.14. The van der Waals surface area contributed by atoms with Crippen molar-refractivity contribution >= 4 is 11.9 Å². The van der Waals surface area contributed by atoms with E-state index in [1.165, 1.54) is 26.2 Å². The van der Waals surface area contributed by atoms with Crippen LogP contribution in [0.2, 0.25) is 0 Å². The molecule has 0 fully saturated rings. The molecule has 0 saturated heterocycles. The van der Waals surface area contributed by atoms with E-state index in [4.69, 9.17) is 0 Å². The van der Waals surface area contributed by atoms with E-state index in [1.54, 1.807) is 12.1 Å². The summed E-state index contributed by atoms with van der Waals surface area (Å²) in [6.45, 7) is 1.67. The van der Waals surface area contributed by atoms with E-state index in [9.17, 15) is 19.8 Å². The molecule has 0 heterocycles. The van der Waals surface area contributed by atoms with Gasteiger partial charge in [0.25, 0.3) is 0 Å². The van der Waals surface area contributed by atoms with E-state index in [1.807, 2.05) is 0 Å². The Labute approximate surface area is 117 Å². The standard InChI is InChI=1S/C14H19NO5/c1-9(16)15-8-7-12(17)13(18)10-3-5-11(6-4-10)14(19)20-2/h3-6,12-13,17-18H,7-8H2,1-2H3,(H,15,16). The first-order chi connectivity index (χ1) is 9.45. The van der Waals surface area contributed by atoms with Crippen LogP contribution in [0.15, 0.2) is 24.3 Å². The Bertz CT molecular complexity index is 457. The van der Waals surface area contributed by atoms with Gasteiger partial charge in [-0.3, -0.25) is 4.79 Å². The maximum absolute atomic E-state index is 11.3. The number of carbonyl (C=O) groups is 2. The fraction of sp³-hybridized carbons (Fsp3) is 0.429. The monoisotopic (exact) mass is 281 g/mol. The van der Waals surface area contributed by atoms with Gasteiger partial charge in [-0.1, -0.05) is 12.1 Å². The van der Waals surface area contributed by atoms with Gasteiger partial charge in [0.15, 0.2) is 0 Å². The number of amides is 1. The first-order valence-electron chi connectivity index (χ1n) is 6.24. The molecule has 0 radical (unpaired) electrons. The summed E-state index contributed by atoms with van der Waals surface area (Å²) >= 11 is 0. The van der Waals surface area contributed by atoms with Crippen LogP contribution in [0.3, 0.4) is 0 Å².